The predicted octanol–water partition coefficient (Wildman–Crippen LogP) is 6.96. The van der Waals surface area contributed by atoms with Crippen molar-refractivity contribution < 1.29 is 44.0 Å². The van der Waals surface area contributed by atoms with Crippen LogP contribution >= 0.6 is 7.92 Å². The van der Waals surface area contributed by atoms with E-state index in [9.17, 15) is 39.2 Å². The fraction of sp³-hybridized carbons (Fsp3) is 0.625. The van der Waals surface area contributed by atoms with E-state index in [0.29, 0.717) is 0 Å². The minimum Gasteiger partial charge on any atom is -0.426 e. The highest BCUT2D eigenvalue weighted by atomic mass is 31.1. The van der Waals surface area contributed by atoms with Crippen molar-refractivity contribution in [2.75, 3.05) is 0 Å². The molecule has 0 aliphatic carbocycles. The SMILES string of the molecule is CC(C)(C)[PH+](c1cccc(OC(F)(F)C(F)(F)F)c1)C(C)(C)C.F[B-](F)(F)F. The first-order valence-electron chi connectivity index (χ1n) is 8.05. The molecule has 0 saturated heterocycles. The zero-order valence-corrected chi connectivity index (χ0v) is 17.2. The molecule has 0 aliphatic rings. The minimum atomic E-state index is -6.00. The normalized spacial score (nSPS) is 13.9. The molecule has 0 fully saturated rings. The van der Waals surface area contributed by atoms with Crippen LogP contribution in [0.5, 0.6) is 5.75 Å². The molecule has 0 radical (unpaired) electrons. The second-order valence-electron chi connectivity index (χ2n) is 8.01. The molecule has 0 amide bonds. The minimum absolute atomic E-state index is 0.103. The molecule has 0 spiro atoms. The Balaban J connectivity index is 0.00000129. The highest BCUT2D eigenvalue weighted by Crippen LogP contribution is 2.58. The molecule has 1 rings (SSSR count). The van der Waals surface area contributed by atoms with E-state index in [1.165, 1.54) is 12.1 Å². The predicted molar refractivity (Wildman–Crippen MR) is 95.7 cm³/mol. The summed E-state index contributed by atoms with van der Waals surface area (Å²) in [6.07, 6.45) is -11.0. The highest BCUT2D eigenvalue weighted by Gasteiger charge is 2.61. The fourth-order valence-corrected chi connectivity index (χ4v) is 7.44. The molecule has 12 heteroatoms. The lowest BCUT2D eigenvalue weighted by Gasteiger charge is -2.34. The molecule has 0 heterocycles. The maximum atomic E-state index is 13.1. The largest absolute Gasteiger partial charge is 0.673 e. The van der Waals surface area contributed by atoms with Crippen LogP contribution in [0, 0.1) is 0 Å². The Morgan fingerprint density at radius 1 is 0.786 bits per heavy atom. The van der Waals surface area contributed by atoms with E-state index in [0.717, 1.165) is 11.4 Å². The molecule has 0 bridgehead atoms. The zero-order chi connectivity index (χ0) is 22.8. The molecule has 28 heavy (non-hydrogen) atoms. The van der Waals surface area contributed by atoms with Crippen LogP contribution in [-0.4, -0.2) is 29.9 Å². The first kappa shape index (κ1) is 26.9. The summed E-state index contributed by atoms with van der Waals surface area (Å²) in [7, 11) is -7.27. The van der Waals surface area contributed by atoms with Gasteiger partial charge in [-0.2, -0.15) is 22.0 Å². The van der Waals surface area contributed by atoms with E-state index in [4.69, 9.17) is 0 Å². The van der Waals surface area contributed by atoms with Gasteiger partial charge in [0.2, 0.25) is 0 Å². The molecule has 1 aromatic carbocycles. The van der Waals surface area contributed by atoms with Crippen molar-refractivity contribution in [3.05, 3.63) is 24.3 Å². The number of hydrogen-bond donors (Lipinski definition) is 0. The summed E-state index contributed by atoms with van der Waals surface area (Å²) in [4.78, 5) is 0. The lowest BCUT2D eigenvalue weighted by atomic mass is 10.2. The standard InChI is InChI=1S/C16H22F5OP.BF4/c1-13(2,3)23(14(4,5)6)12-9-7-8-11(10-12)22-16(20,21)15(17,18)19;2-1(3,4)5/h7-10H,1-6H3;/q;-1/p+1. The first-order valence-corrected chi connectivity index (χ1v) is 9.55. The van der Waals surface area contributed by atoms with Crippen LogP contribution in [0.15, 0.2) is 24.3 Å². The van der Waals surface area contributed by atoms with Crippen LogP contribution in [0.25, 0.3) is 0 Å². The summed E-state index contributed by atoms with van der Waals surface area (Å²) >= 11 is 0. The van der Waals surface area contributed by atoms with E-state index >= 15 is 0 Å². The maximum absolute atomic E-state index is 13.1. The van der Waals surface area contributed by atoms with Gasteiger partial charge in [-0.1, -0.05) is 6.07 Å². The summed E-state index contributed by atoms with van der Waals surface area (Å²) in [5, 5.41) is 0.563. The molecule has 1 aromatic rings. The summed E-state index contributed by atoms with van der Waals surface area (Å²) in [5.74, 6) is -0.471. The van der Waals surface area contributed by atoms with Gasteiger partial charge in [-0.25, -0.2) is 0 Å². The summed E-state index contributed by atoms with van der Waals surface area (Å²) in [6, 6.07) is 5.65. The monoisotopic (exact) mass is 444 g/mol. The van der Waals surface area contributed by atoms with Crippen molar-refractivity contribution in [3.63, 3.8) is 0 Å². The van der Waals surface area contributed by atoms with Gasteiger partial charge in [-0.3, -0.25) is 0 Å². The Kier molecular flexibility index (Phi) is 8.37. The highest BCUT2D eigenvalue weighted by molar-refractivity contribution is 7.68. The van der Waals surface area contributed by atoms with Crippen LogP contribution in [-0.2, 0) is 0 Å². The summed E-state index contributed by atoms with van der Waals surface area (Å²) in [5.41, 5.74) is 0. The lowest BCUT2D eigenvalue weighted by Crippen LogP contribution is -2.42. The van der Waals surface area contributed by atoms with Gasteiger partial charge < -0.3 is 22.0 Å². The smallest absolute Gasteiger partial charge is 0.426 e. The number of halogens is 9. The van der Waals surface area contributed by atoms with Gasteiger partial charge in [0.05, 0.1) is 15.6 Å². The van der Waals surface area contributed by atoms with Crippen LogP contribution in [0.4, 0.5) is 39.2 Å². The van der Waals surface area contributed by atoms with Crippen molar-refractivity contribution in [1.82, 2.24) is 0 Å². The van der Waals surface area contributed by atoms with E-state index in [1.807, 2.05) is 41.5 Å². The third-order valence-corrected chi connectivity index (χ3v) is 7.09. The van der Waals surface area contributed by atoms with E-state index in [2.05, 4.69) is 4.74 Å². The molecular formula is C16H23BF9OP. The van der Waals surface area contributed by atoms with Crippen molar-refractivity contribution in [1.29, 1.82) is 0 Å². The van der Waals surface area contributed by atoms with Gasteiger partial charge in [-0.05, 0) is 53.7 Å². The van der Waals surface area contributed by atoms with Gasteiger partial charge >= 0.3 is 19.5 Å². The van der Waals surface area contributed by atoms with Gasteiger partial charge in [-0.15, -0.1) is 0 Å². The maximum Gasteiger partial charge on any atom is 0.673 e. The van der Waals surface area contributed by atoms with Gasteiger partial charge in [0.1, 0.15) is 5.75 Å². The molecule has 1 nitrogen and oxygen atoms in total. The summed E-state index contributed by atoms with van der Waals surface area (Å²) < 4.78 is 106. The van der Waals surface area contributed by atoms with Crippen LogP contribution in [0.3, 0.4) is 0 Å². The first-order chi connectivity index (χ1) is 12.1. The lowest BCUT2D eigenvalue weighted by molar-refractivity contribution is -0.360. The Hall–Kier alpha value is -1.12. The van der Waals surface area contributed by atoms with Crippen molar-refractivity contribution in [3.8, 4) is 5.75 Å². The second-order valence-corrected chi connectivity index (χ2v) is 12.3. The quantitative estimate of drug-likeness (QED) is 0.278. The molecule has 0 atom stereocenters. The molecule has 0 N–H and O–H groups in total. The number of rotatable bonds is 3. The van der Waals surface area contributed by atoms with Crippen LogP contribution in [0.1, 0.15) is 41.5 Å². The molecule has 0 aromatic heterocycles. The number of alkyl halides is 5. The topological polar surface area (TPSA) is 9.23 Å². The van der Waals surface area contributed by atoms with Gasteiger partial charge in [0.15, 0.2) is 0 Å². The van der Waals surface area contributed by atoms with Crippen molar-refractivity contribution >= 4 is 20.5 Å². The fourth-order valence-electron chi connectivity index (χ4n) is 2.91. The van der Waals surface area contributed by atoms with Crippen molar-refractivity contribution in [2.24, 2.45) is 0 Å². The Morgan fingerprint density at radius 3 is 1.50 bits per heavy atom. The summed E-state index contributed by atoms with van der Waals surface area (Å²) in [6.45, 7) is 12.3. The van der Waals surface area contributed by atoms with E-state index in [1.54, 1.807) is 6.07 Å². The van der Waals surface area contributed by atoms with Crippen molar-refractivity contribution in [2.45, 2.75) is 64.1 Å². The van der Waals surface area contributed by atoms with E-state index < -0.39 is 33.2 Å². The van der Waals surface area contributed by atoms with E-state index in [-0.39, 0.29) is 10.3 Å². The Labute approximate surface area is 159 Å². The third kappa shape index (κ3) is 9.39. The number of ether oxygens (including phenoxy) is 1. The number of hydrogen-bond acceptors (Lipinski definition) is 1. The van der Waals surface area contributed by atoms with Crippen LogP contribution < -0.4 is 10.0 Å². The molecule has 0 saturated carbocycles. The molecular weight excluding hydrogens is 421 g/mol. The molecule has 0 unspecified atom stereocenters. The third-order valence-electron chi connectivity index (χ3n) is 3.20. The number of benzene rings is 1. The zero-order valence-electron chi connectivity index (χ0n) is 16.2. The average molecular weight is 444 g/mol. The Bertz CT molecular complexity index is 611. The Morgan fingerprint density at radius 2 is 1.18 bits per heavy atom. The second kappa shape index (κ2) is 8.72. The average Bonchev–Trinajstić information content (AvgIpc) is 2.30. The molecule has 164 valence electrons. The molecule has 0 aliphatic heterocycles. The van der Waals surface area contributed by atoms with Crippen LogP contribution in [0.2, 0.25) is 0 Å². The van der Waals surface area contributed by atoms with Gasteiger partial charge in [0.25, 0.3) is 0 Å². The van der Waals surface area contributed by atoms with Gasteiger partial charge in [0, 0.05) is 14.0 Å².